The van der Waals surface area contributed by atoms with Crippen LogP contribution in [0.3, 0.4) is 0 Å². The van der Waals surface area contributed by atoms with Crippen molar-refractivity contribution >= 4 is 12.1 Å². The first-order valence-corrected chi connectivity index (χ1v) is 9.86. The molecular formula is C23H30N2O2. The van der Waals surface area contributed by atoms with E-state index in [4.69, 9.17) is 4.74 Å². The third-order valence-electron chi connectivity index (χ3n) is 4.26. The second-order valence-electron chi connectivity index (χ2n) is 6.64. The van der Waals surface area contributed by atoms with Gasteiger partial charge in [-0.1, -0.05) is 69.4 Å². The van der Waals surface area contributed by atoms with Gasteiger partial charge in [-0.25, -0.2) is 5.43 Å². The first-order chi connectivity index (χ1) is 13.3. The molecule has 27 heavy (non-hydrogen) atoms. The molecule has 0 unspecified atom stereocenters. The van der Waals surface area contributed by atoms with Gasteiger partial charge in [0.1, 0.15) is 5.75 Å². The van der Waals surface area contributed by atoms with Crippen LogP contribution in [0.15, 0.2) is 59.7 Å². The Kier molecular flexibility index (Phi) is 9.72. The van der Waals surface area contributed by atoms with Crippen LogP contribution in [-0.4, -0.2) is 18.7 Å². The Morgan fingerprint density at radius 2 is 1.67 bits per heavy atom. The molecule has 144 valence electrons. The van der Waals surface area contributed by atoms with Crippen molar-refractivity contribution < 1.29 is 9.53 Å². The molecule has 0 heterocycles. The van der Waals surface area contributed by atoms with Gasteiger partial charge in [0.2, 0.25) is 5.91 Å². The Bertz CT molecular complexity index is 681. The topological polar surface area (TPSA) is 50.7 Å². The maximum absolute atomic E-state index is 11.8. The number of hydrogen-bond acceptors (Lipinski definition) is 3. The highest BCUT2D eigenvalue weighted by Crippen LogP contribution is 2.12. The molecule has 4 heteroatoms. The Balaban J connectivity index is 1.64. The SMILES string of the molecule is CCCCCCCCOc1ccc(/C=N/NC(=O)Cc2ccccc2)cc1. The van der Waals surface area contributed by atoms with Gasteiger partial charge in [-0.05, 0) is 41.8 Å². The second-order valence-corrected chi connectivity index (χ2v) is 6.64. The normalized spacial score (nSPS) is 10.9. The summed E-state index contributed by atoms with van der Waals surface area (Å²) in [7, 11) is 0. The lowest BCUT2D eigenvalue weighted by molar-refractivity contribution is -0.120. The zero-order valence-electron chi connectivity index (χ0n) is 16.2. The van der Waals surface area contributed by atoms with Crippen LogP contribution in [-0.2, 0) is 11.2 Å². The first-order valence-electron chi connectivity index (χ1n) is 9.86. The molecule has 0 saturated heterocycles. The van der Waals surface area contributed by atoms with Crippen molar-refractivity contribution in [2.75, 3.05) is 6.61 Å². The van der Waals surface area contributed by atoms with E-state index in [0.29, 0.717) is 6.42 Å². The van der Waals surface area contributed by atoms with Gasteiger partial charge < -0.3 is 4.74 Å². The lowest BCUT2D eigenvalue weighted by Gasteiger charge is -2.06. The number of hydrazone groups is 1. The molecule has 2 rings (SSSR count). The van der Waals surface area contributed by atoms with E-state index >= 15 is 0 Å². The largest absolute Gasteiger partial charge is 0.494 e. The molecule has 0 atom stereocenters. The predicted octanol–water partition coefficient (Wildman–Crippen LogP) is 5.12. The zero-order valence-corrected chi connectivity index (χ0v) is 16.2. The Hall–Kier alpha value is -2.62. The van der Waals surface area contributed by atoms with E-state index in [9.17, 15) is 4.79 Å². The van der Waals surface area contributed by atoms with E-state index in [-0.39, 0.29) is 5.91 Å². The smallest absolute Gasteiger partial charge is 0.244 e. The zero-order chi connectivity index (χ0) is 19.2. The fourth-order valence-corrected chi connectivity index (χ4v) is 2.72. The van der Waals surface area contributed by atoms with Gasteiger partial charge in [-0.3, -0.25) is 4.79 Å². The molecule has 0 fully saturated rings. The number of rotatable bonds is 12. The summed E-state index contributed by atoms with van der Waals surface area (Å²) in [4.78, 5) is 11.8. The van der Waals surface area contributed by atoms with Gasteiger partial charge in [0.25, 0.3) is 0 Å². The Morgan fingerprint density at radius 3 is 2.41 bits per heavy atom. The molecule has 0 aliphatic heterocycles. The predicted molar refractivity (Wildman–Crippen MR) is 111 cm³/mol. The van der Waals surface area contributed by atoms with Gasteiger partial charge in [0, 0.05) is 0 Å². The van der Waals surface area contributed by atoms with Gasteiger partial charge in [0.05, 0.1) is 19.2 Å². The molecule has 0 spiro atoms. The fourth-order valence-electron chi connectivity index (χ4n) is 2.72. The third-order valence-corrected chi connectivity index (χ3v) is 4.26. The van der Waals surface area contributed by atoms with Crippen molar-refractivity contribution in [2.45, 2.75) is 51.9 Å². The molecule has 1 N–H and O–H groups in total. The molecule has 2 aromatic rings. The van der Waals surface area contributed by atoms with Crippen molar-refractivity contribution in [3.8, 4) is 5.75 Å². The summed E-state index contributed by atoms with van der Waals surface area (Å²) in [5.41, 5.74) is 4.44. The maximum atomic E-state index is 11.8. The number of carbonyl (C=O) groups is 1. The van der Waals surface area contributed by atoms with E-state index in [2.05, 4.69) is 17.5 Å². The number of amides is 1. The highest BCUT2D eigenvalue weighted by atomic mass is 16.5. The summed E-state index contributed by atoms with van der Waals surface area (Å²) in [6, 6.07) is 17.4. The number of nitrogens with zero attached hydrogens (tertiary/aromatic N) is 1. The van der Waals surface area contributed by atoms with Gasteiger partial charge in [-0.15, -0.1) is 0 Å². The van der Waals surface area contributed by atoms with Crippen LogP contribution in [0.4, 0.5) is 0 Å². The van der Waals surface area contributed by atoms with Crippen LogP contribution in [0.25, 0.3) is 0 Å². The quantitative estimate of drug-likeness (QED) is 0.322. The number of hydrogen-bond donors (Lipinski definition) is 1. The van der Waals surface area contributed by atoms with Crippen LogP contribution in [0.1, 0.15) is 56.6 Å². The summed E-state index contributed by atoms with van der Waals surface area (Å²) in [6.45, 7) is 2.99. The van der Waals surface area contributed by atoms with E-state index in [1.165, 1.54) is 32.1 Å². The standard InChI is InChI=1S/C23H30N2O2/c1-2-3-4-5-6-10-17-27-22-15-13-21(14-16-22)19-24-25-23(26)18-20-11-8-7-9-12-20/h7-9,11-16,19H,2-6,10,17-18H2,1H3,(H,25,26)/b24-19+. The molecule has 1 amide bonds. The molecule has 0 bridgehead atoms. The molecule has 0 aliphatic carbocycles. The monoisotopic (exact) mass is 366 g/mol. The third kappa shape index (κ3) is 9.04. The summed E-state index contributed by atoms with van der Waals surface area (Å²) in [6.07, 6.45) is 9.52. The number of benzene rings is 2. The lowest BCUT2D eigenvalue weighted by Crippen LogP contribution is -2.19. The maximum Gasteiger partial charge on any atom is 0.244 e. The van der Waals surface area contributed by atoms with Gasteiger partial charge >= 0.3 is 0 Å². The van der Waals surface area contributed by atoms with E-state index in [1.54, 1.807) is 6.21 Å². The molecule has 0 aromatic heterocycles. The minimum absolute atomic E-state index is 0.128. The highest BCUT2D eigenvalue weighted by Gasteiger charge is 2.01. The van der Waals surface area contributed by atoms with Crippen LogP contribution < -0.4 is 10.2 Å². The molecule has 0 aliphatic rings. The molecule has 0 radical (unpaired) electrons. The van der Waals surface area contributed by atoms with Crippen LogP contribution >= 0.6 is 0 Å². The number of unbranched alkanes of at least 4 members (excludes halogenated alkanes) is 5. The lowest BCUT2D eigenvalue weighted by atomic mass is 10.1. The highest BCUT2D eigenvalue weighted by molar-refractivity contribution is 5.83. The summed E-state index contributed by atoms with van der Waals surface area (Å²) >= 11 is 0. The van der Waals surface area contributed by atoms with Crippen LogP contribution in [0.5, 0.6) is 5.75 Å². The fraction of sp³-hybridized carbons (Fsp3) is 0.391. The van der Waals surface area contributed by atoms with E-state index in [0.717, 1.165) is 29.9 Å². The van der Waals surface area contributed by atoms with Crippen molar-refractivity contribution in [3.05, 3.63) is 65.7 Å². The Morgan fingerprint density at radius 1 is 0.963 bits per heavy atom. The number of carbonyl (C=O) groups excluding carboxylic acids is 1. The molecule has 4 nitrogen and oxygen atoms in total. The van der Waals surface area contributed by atoms with Gasteiger partial charge in [0.15, 0.2) is 0 Å². The van der Waals surface area contributed by atoms with E-state index in [1.807, 2.05) is 54.6 Å². The first kappa shape index (κ1) is 20.7. The van der Waals surface area contributed by atoms with Crippen LogP contribution in [0.2, 0.25) is 0 Å². The molecule has 2 aromatic carbocycles. The second kappa shape index (κ2) is 12.7. The van der Waals surface area contributed by atoms with Crippen molar-refractivity contribution in [3.63, 3.8) is 0 Å². The van der Waals surface area contributed by atoms with Crippen LogP contribution in [0, 0.1) is 0 Å². The number of ether oxygens (including phenoxy) is 1. The Labute approximate surface area is 162 Å². The minimum Gasteiger partial charge on any atom is -0.494 e. The average Bonchev–Trinajstić information content (AvgIpc) is 2.69. The van der Waals surface area contributed by atoms with Crippen molar-refractivity contribution in [1.82, 2.24) is 5.43 Å². The molecule has 0 saturated carbocycles. The molecular weight excluding hydrogens is 336 g/mol. The summed E-state index contributed by atoms with van der Waals surface area (Å²) in [5, 5.41) is 4.01. The summed E-state index contributed by atoms with van der Waals surface area (Å²) in [5.74, 6) is 0.741. The van der Waals surface area contributed by atoms with Crippen molar-refractivity contribution in [1.29, 1.82) is 0 Å². The number of nitrogens with one attached hydrogen (secondary N) is 1. The van der Waals surface area contributed by atoms with Gasteiger partial charge in [-0.2, -0.15) is 5.10 Å². The van der Waals surface area contributed by atoms with E-state index < -0.39 is 0 Å². The van der Waals surface area contributed by atoms with Crippen molar-refractivity contribution in [2.24, 2.45) is 5.10 Å². The minimum atomic E-state index is -0.128. The summed E-state index contributed by atoms with van der Waals surface area (Å²) < 4.78 is 5.76. The average molecular weight is 367 g/mol.